The number of tetrazole rings is 1. The number of hydrogen-bond donors (Lipinski definition) is 1. The highest BCUT2D eigenvalue weighted by Gasteiger charge is 2.36. The number of carbonyl (C=O) groups is 1. The fourth-order valence-corrected chi connectivity index (χ4v) is 3.08. The standard InChI is InChI=1S/C24H31N7O6/c1-24(35-15-13-33-3,36-16-14-34-4)23(32)26-20-12-8-11-19(25-20)17-37-28-21(18-9-6-5-7-10-18)22-27-29-30-31(22)2/h5-12H,13-17H2,1-4H3,(H,25,26,32)/b28-21-. The monoisotopic (exact) mass is 513 g/mol. The van der Waals surface area contributed by atoms with E-state index < -0.39 is 11.7 Å². The molecule has 2 aromatic heterocycles. The van der Waals surface area contributed by atoms with Gasteiger partial charge in [0.05, 0.1) is 32.1 Å². The van der Waals surface area contributed by atoms with Gasteiger partial charge in [-0.25, -0.2) is 9.67 Å². The first-order valence-electron chi connectivity index (χ1n) is 11.5. The number of amides is 1. The Morgan fingerprint density at radius 3 is 2.32 bits per heavy atom. The largest absolute Gasteiger partial charge is 0.389 e. The summed E-state index contributed by atoms with van der Waals surface area (Å²) in [5.74, 6) is -1.34. The molecule has 0 aliphatic heterocycles. The maximum absolute atomic E-state index is 13.0. The molecule has 0 atom stereocenters. The molecule has 0 aliphatic rings. The third-order valence-electron chi connectivity index (χ3n) is 5.04. The van der Waals surface area contributed by atoms with E-state index >= 15 is 0 Å². The number of hydrogen-bond acceptors (Lipinski definition) is 11. The third-order valence-corrected chi connectivity index (χ3v) is 5.04. The Hall–Kier alpha value is -3.78. The number of rotatable bonds is 15. The van der Waals surface area contributed by atoms with Crippen LogP contribution < -0.4 is 5.32 Å². The van der Waals surface area contributed by atoms with Crippen molar-refractivity contribution in [1.29, 1.82) is 0 Å². The van der Waals surface area contributed by atoms with Gasteiger partial charge in [0.1, 0.15) is 5.82 Å². The summed E-state index contributed by atoms with van der Waals surface area (Å²) in [5.41, 5.74) is 1.79. The molecule has 0 saturated carbocycles. The van der Waals surface area contributed by atoms with E-state index in [0.29, 0.717) is 36.3 Å². The average Bonchev–Trinajstić information content (AvgIpc) is 3.33. The van der Waals surface area contributed by atoms with Gasteiger partial charge in [-0.2, -0.15) is 0 Å². The van der Waals surface area contributed by atoms with E-state index in [0.717, 1.165) is 5.56 Å². The molecule has 37 heavy (non-hydrogen) atoms. The van der Waals surface area contributed by atoms with Crippen LogP contribution in [0.3, 0.4) is 0 Å². The molecule has 0 saturated heterocycles. The highest BCUT2D eigenvalue weighted by Crippen LogP contribution is 2.17. The molecule has 0 unspecified atom stereocenters. The van der Waals surface area contributed by atoms with Crippen LogP contribution in [0.1, 0.15) is 24.0 Å². The lowest BCUT2D eigenvalue weighted by Crippen LogP contribution is -2.46. The number of benzene rings is 1. The van der Waals surface area contributed by atoms with Crippen molar-refractivity contribution in [1.82, 2.24) is 25.2 Å². The minimum Gasteiger partial charge on any atom is -0.389 e. The second kappa shape index (κ2) is 14.1. The van der Waals surface area contributed by atoms with E-state index in [-0.39, 0.29) is 19.8 Å². The van der Waals surface area contributed by atoms with Crippen LogP contribution in [0, 0.1) is 0 Å². The zero-order valence-electron chi connectivity index (χ0n) is 21.3. The van der Waals surface area contributed by atoms with E-state index in [1.807, 2.05) is 30.3 Å². The lowest BCUT2D eigenvalue weighted by atomic mass is 10.1. The van der Waals surface area contributed by atoms with Crippen molar-refractivity contribution in [3.05, 3.63) is 65.6 Å². The molecule has 1 N–H and O–H groups in total. The first kappa shape index (κ1) is 27.8. The van der Waals surface area contributed by atoms with Crippen LogP contribution in [0.2, 0.25) is 0 Å². The molecule has 0 fully saturated rings. The van der Waals surface area contributed by atoms with Gasteiger partial charge in [0.15, 0.2) is 12.3 Å². The summed E-state index contributed by atoms with van der Waals surface area (Å²) in [5, 5.41) is 18.6. The molecule has 0 radical (unpaired) electrons. The predicted octanol–water partition coefficient (Wildman–Crippen LogP) is 1.55. The van der Waals surface area contributed by atoms with E-state index in [2.05, 4.69) is 31.0 Å². The zero-order valence-corrected chi connectivity index (χ0v) is 21.3. The van der Waals surface area contributed by atoms with Crippen LogP contribution in [0.25, 0.3) is 0 Å². The molecule has 13 heteroatoms. The maximum atomic E-state index is 13.0. The number of aromatic nitrogens is 5. The second-order valence-corrected chi connectivity index (χ2v) is 7.80. The highest BCUT2D eigenvalue weighted by atomic mass is 16.7. The molecule has 0 spiro atoms. The van der Waals surface area contributed by atoms with Crippen LogP contribution in [-0.4, -0.2) is 83.2 Å². The number of oxime groups is 1. The summed E-state index contributed by atoms with van der Waals surface area (Å²) in [4.78, 5) is 23.0. The molecule has 1 amide bonds. The van der Waals surface area contributed by atoms with Crippen LogP contribution in [0.4, 0.5) is 5.82 Å². The first-order chi connectivity index (χ1) is 18.0. The number of aryl methyl sites for hydroxylation is 1. The van der Waals surface area contributed by atoms with Crippen molar-refractivity contribution in [3.8, 4) is 0 Å². The molecule has 2 heterocycles. The fourth-order valence-electron chi connectivity index (χ4n) is 3.08. The van der Waals surface area contributed by atoms with Gasteiger partial charge in [-0.1, -0.05) is 41.6 Å². The van der Waals surface area contributed by atoms with Gasteiger partial charge in [0.2, 0.25) is 11.6 Å². The lowest BCUT2D eigenvalue weighted by Gasteiger charge is -2.28. The summed E-state index contributed by atoms with van der Waals surface area (Å²) in [6.45, 7) is 2.50. The molecular weight excluding hydrogens is 482 g/mol. The quantitative estimate of drug-likeness (QED) is 0.138. The lowest BCUT2D eigenvalue weighted by molar-refractivity contribution is -0.224. The minimum atomic E-state index is -1.57. The van der Waals surface area contributed by atoms with Gasteiger partial charge < -0.3 is 29.1 Å². The molecule has 1 aromatic carbocycles. The van der Waals surface area contributed by atoms with E-state index in [1.165, 1.54) is 11.6 Å². The number of nitrogens with zero attached hydrogens (tertiary/aromatic N) is 6. The van der Waals surface area contributed by atoms with Crippen molar-refractivity contribution in [2.75, 3.05) is 46.0 Å². The van der Waals surface area contributed by atoms with Gasteiger partial charge in [-0.3, -0.25) is 4.79 Å². The van der Waals surface area contributed by atoms with Crippen molar-refractivity contribution < 1.29 is 28.6 Å². The van der Waals surface area contributed by atoms with Crippen molar-refractivity contribution in [2.24, 2.45) is 12.2 Å². The smallest absolute Gasteiger partial charge is 0.285 e. The molecule has 13 nitrogen and oxygen atoms in total. The molecule has 0 bridgehead atoms. The fraction of sp³-hybridized carbons (Fsp3) is 0.417. The highest BCUT2D eigenvalue weighted by molar-refractivity contribution is 6.10. The molecular formula is C24H31N7O6. The number of ether oxygens (including phenoxy) is 4. The Kier molecular flexibility index (Phi) is 10.6. The van der Waals surface area contributed by atoms with Crippen molar-refractivity contribution in [2.45, 2.75) is 19.3 Å². The summed E-state index contributed by atoms with van der Waals surface area (Å²) in [6.07, 6.45) is 0. The van der Waals surface area contributed by atoms with Gasteiger partial charge >= 0.3 is 0 Å². The molecule has 3 aromatic rings. The van der Waals surface area contributed by atoms with Gasteiger partial charge in [-0.05, 0) is 29.5 Å². The normalized spacial score (nSPS) is 11.9. The van der Waals surface area contributed by atoms with E-state index in [4.69, 9.17) is 23.8 Å². The van der Waals surface area contributed by atoms with Crippen molar-refractivity contribution >= 4 is 17.4 Å². The molecule has 3 rings (SSSR count). The first-order valence-corrected chi connectivity index (χ1v) is 11.5. The molecule has 198 valence electrons. The second-order valence-electron chi connectivity index (χ2n) is 7.80. The Morgan fingerprint density at radius 2 is 1.70 bits per heavy atom. The Labute approximate surface area is 214 Å². The van der Waals surface area contributed by atoms with Gasteiger partial charge in [0.25, 0.3) is 5.91 Å². The van der Waals surface area contributed by atoms with E-state index in [1.54, 1.807) is 39.5 Å². The predicted molar refractivity (Wildman–Crippen MR) is 133 cm³/mol. The Balaban J connectivity index is 1.69. The summed E-state index contributed by atoms with van der Waals surface area (Å²) >= 11 is 0. The third kappa shape index (κ3) is 8.11. The van der Waals surface area contributed by atoms with Crippen LogP contribution in [0.5, 0.6) is 0 Å². The van der Waals surface area contributed by atoms with Gasteiger partial charge in [-0.15, -0.1) is 5.10 Å². The number of pyridine rings is 1. The number of anilines is 1. The minimum absolute atomic E-state index is 0.0390. The topological polar surface area (TPSA) is 144 Å². The Morgan fingerprint density at radius 1 is 1.00 bits per heavy atom. The Bertz CT molecular complexity index is 1150. The maximum Gasteiger partial charge on any atom is 0.285 e. The summed E-state index contributed by atoms with van der Waals surface area (Å²) < 4.78 is 22.8. The number of carbonyl (C=O) groups excluding carboxylic acids is 1. The van der Waals surface area contributed by atoms with Crippen molar-refractivity contribution in [3.63, 3.8) is 0 Å². The van der Waals surface area contributed by atoms with Crippen LogP contribution in [-0.2, 0) is 42.2 Å². The molecule has 0 aliphatic carbocycles. The zero-order chi connectivity index (χ0) is 26.5. The SMILES string of the molecule is COCCOC(C)(OCCOC)C(=O)Nc1cccc(CO/N=C(/c2ccccc2)c2nnnn2C)n1. The number of methoxy groups -OCH3 is 2. The average molecular weight is 514 g/mol. The summed E-state index contributed by atoms with van der Waals surface area (Å²) in [7, 11) is 4.80. The van der Waals surface area contributed by atoms with Gasteiger partial charge in [0, 0.05) is 26.8 Å². The summed E-state index contributed by atoms with van der Waals surface area (Å²) in [6, 6.07) is 14.6. The number of nitrogens with one attached hydrogen (secondary N) is 1. The van der Waals surface area contributed by atoms with E-state index in [9.17, 15) is 4.79 Å². The van der Waals surface area contributed by atoms with Crippen LogP contribution >= 0.6 is 0 Å². The van der Waals surface area contributed by atoms with Crippen LogP contribution in [0.15, 0.2) is 53.7 Å².